The molecule has 0 fully saturated rings. The molecule has 21 heavy (non-hydrogen) atoms. The van der Waals surface area contributed by atoms with Crippen molar-refractivity contribution >= 4 is 23.1 Å². The number of thiocarbonyl (C=S) groups is 1. The van der Waals surface area contributed by atoms with Crippen molar-refractivity contribution in [3.8, 4) is 5.75 Å². The lowest BCUT2D eigenvalue weighted by Crippen LogP contribution is -2.48. The molecule has 1 heterocycles. The van der Waals surface area contributed by atoms with Crippen LogP contribution in [0.2, 0.25) is 0 Å². The molecule has 1 unspecified atom stereocenters. The van der Waals surface area contributed by atoms with Gasteiger partial charge in [0.05, 0.1) is 6.04 Å². The van der Waals surface area contributed by atoms with Gasteiger partial charge in [0.2, 0.25) is 0 Å². The van der Waals surface area contributed by atoms with Crippen molar-refractivity contribution in [2.75, 3.05) is 0 Å². The average molecular weight is 302 g/mol. The Kier molecular flexibility index (Phi) is 3.24. The number of phenols is 1. The van der Waals surface area contributed by atoms with Gasteiger partial charge in [-0.3, -0.25) is 4.79 Å². The molecule has 2 aliphatic rings. The van der Waals surface area contributed by atoms with Crippen LogP contribution in [0, 0.1) is 5.41 Å². The van der Waals surface area contributed by atoms with Crippen molar-refractivity contribution in [3.05, 3.63) is 41.1 Å². The molecule has 0 saturated carbocycles. The number of hydrogen-bond acceptors (Lipinski definition) is 3. The number of hydrogen-bond donors (Lipinski definition) is 3. The van der Waals surface area contributed by atoms with Crippen LogP contribution in [0.5, 0.6) is 5.75 Å². The molecular weight excluding hydrogens is 284 g/mol. The normalized spacial score (nSPS) is 24.2. The Hall–Kier alpha value is -1.88. The molecule has 3 N–H and O–H groups in total. The maximum absolute atomic E-state index is 12.6. The third kappa shape index (κ3) is 2.65. The second-order valence-electron chi connectivity index (χ2n) is 6.46. The summed E-state index contributed by atoms with van der Waals surface area (Å²) in [6.45, 7) is 4.19. The number of Topliss-reactive ketones (excluding diaryl/α,β-unsaturated/α-hetero) is 1. The van der Waals surface area contributed by atoms with Crippen LogP contribution in [0.15, 0.2) is 35.5 Å². The monoisotopic (exact) mass is 302 g/mol. The predicted octanol–water partition coefficient (Wildman–Crippen LogP) is 2.55. The summed E-state index contributed by atoms with van der Waals surface area (Å²) in [5.74, 6) is 0.363. The Morgan fingerprint density at radius 2 is 1.90 bits per heavy atom. The standard InChI is InChI=1S/C16H18N2O2S/c1-16(2)7-11-13(12(20)8-16)14(18-15(21)17-11)9-3-5-10(19)6-4-9/h3-6,14,19H,7-8H2,1-2H3,(H2,17,18,21). The minimum absolute atomic E-state index is 0.0463. The van der Waals surface area contributed by atoms with Gasteiger partial charge in [0.25, 0.3) is 0 Å². The van der Waals surface area contributed by atoms with Crippen LogP contribution in [-0.2, 0) is 4.79 Å². The van der Waals surface area contributed by atoms with Crippen molar-refractivity contribution in [3.63, 3.8) is 0 Å². The Bertz CT molecular complexity index is 647. The first-order valence-electron chi connectivity index (χ1n) is 6.98. The van der Waals surface area contributed by atoms with Crippen LogP contribution in [-0.4, -0.2) is 16.0 Å². The van der Waals surface area contributed by atoms with Gasteiger partial charge in [-0.2, -0.15) is 0 Å². The molecule has 4 nitrogen and oxygen atoms in total. The lowest BCUT2D eigenvalue weighted by molar-refractivity contribution is -0.118. The van der Waals surface area contributed by atoms with Gasteiger partial charge in [-0.05, 0) is 41.7 Å². The number of allylic oxidation sites excluding steroid dienone is 1. The van der Waals surface area contributed by atoms with E-state index in [0.29, 0.717) is 11.5 Å². The maximum atomic E-state index is 12.6. The number of ketones is 1. The number of carbonyl (C=O) groups is 1. The van der Waals surface area contributed by atoms with Gasteiger partial charge < -0.3 is 15.7 Å². The van der Waals surface area contributed by atoms with Crippen LogP contribution < -0.4 is 10.6 Å². The summed E-state index contributed by atoms with van der Waals surface area (Å²) in [7, 11) is 0. The van der Waals surface area contributed by atoms with E-state index in [1.807, 2.05) is 12.1 Å². The molecule has 0 amide bonds. The van der Waals surface area contributed by atoms with Crippen LogP contribution in [0.3, 0.4) is 0 Å². The van der Waals surface area contributed by atoms with Crippen LogP contribution in [0.1, 0.15) is 38.3 Å². The first kappa shape index (κ1) is 14.1. The van der Waals surface area contributed by atoms with E-state index in [1.54, 1.807) is 12.1 Å². The highest BCUT2D eigenvalue weighted by Gasteiger charge is 2.39. The number of carbonyl (C=O) groups excluding carboxylic acids is 1. The summed E-state index contributed by atoms with van der Waals surface area (Å²) >= 11 is 5.27. The van der Waals surface area contributed by atoms with E-state index in [9.17, 15) is 9.90 Å². The maximum Gasteiger partial charge on any atom is 0.171 e. The fourth-order valence-electron chi connectivity index (χ4n) is 3.07. The fraction of sp³-hybridized carbons (Fsp3) is 0.375. The topological polar surface area (TPSA) is 61.4 Å². The van der Waals surface area contributed by atoms with Crippen molar-refractivity contribution < 1.29 is 9.90 Å². The fourth-order valence-corrected chi connectivity index (χ4v) is 3.32. The van der Waals surface area contributed by atoms with E-state index in [1.165, 1.54) is 0 Å². The molecule has 1 aromatic carbocycles. The minimum atomic E-state index is -0.238. The third-order valence-electron chi connectivity index (χ3n) is 3.97. The molecule has 0 saturated heterocycles. The lowest BCUT2D eigenvalue weighted by atomic mass is 9.73. The highest BCUT2D eigenvalue weighted by molar-refractivity contribution is 7.80. The smallest absolute Gasteiger partial charge is 0.171 e. The summed E-state index contributed by atoms with van der Waals surface area (Å²) in [6.07, 6.45) is 1.35. The van der Waals surface area contributed by atoms with E-state index in [0.717, 1.165) is 23.3 Å². The molecule has 1 aliphatic carbocycles. The Morgan fingerprint density at radius 3 is 2.57 bits per heavy atom. The summed E-state index contributed by atoms with van der Waals surface area (Å²) in [5, 5.41) is 16.3. The molecule has 0 aromatic heterocycles. The first-order chi connectivity index (χ1) is 9.85. The van der Waals surface area contributed by atoms with Crippen molar-refractivity contribution in [1.29, 1.82) is 0 Å². The molecule has 1 atom stereocenters. The number of phenolic OH excluding ortho intramolecular Hbond substituents is 1. The van der Waals surface area contributed by atoms with Gasteiger partial charge in [-0.25, -0.2) is 0 Å². The second-order valence-corrected chi connectivity index (χ2v) is 6.86. The number of rotatable bonds is 1. The second kappa shape index (κ2) is 4.84. The average Bonchev–Trinajstić information content (AvgIpc) is 2.36. The summed E-state index contributed by atoms with van der Waals surface area (Å²) < 4.78 is 0. The van der Waals surface area contributed by atoms with Gasteiger partial charge in [-0.15, -0.1) is 0 Å². The lowest BCUT2D eigenvalue weighted by Gasteiger charge is -2.39. The zero-order valence-corrected chi connectivity index (χ0v) is 12.9. The van der Waals surface area contributed by atoms with Gasteiger partial charge in [0.1, 0.15) is 5.75 Å². The van der Waals surface area contributed by atoms with Gasteiger partial charge in [-0.1, -0.05) is 26.0 Å². The number of benzene rings is 1. The van der Waals surface area contributed by atoms with Crippen LogP contribution in [0.4, 0.5) is 0 Å². The molecule has 1 aromatic rings. The molecular formula is C16H18N2O2S. The zero-order valence-electron chi connectivity index (χ0n) is 12.1. The summed E-state index contributed by atoms with van der Waals surface area (Å²) in [5.41, 5.74) is 2.58. The van der Waals surface area contributed by atoms with E-state index >= 15 is 0 Å². The highest BCUT2D eigenvalue weighted by Crippen LogP contribution is 2.41. The highest BCUT2D eigenvalue weighted by atomic mass is 32.1. The Morgan fingerprint density at radius 1 is 1.24 bits per heavy atom. The van der Waals surface area contributed by atoms with E-state index in [-0.39, 0.29) is 23.0 Å². The summed E-state index contributed by atoms with van der Waals surface area (Å²) in [6, 6.07) is 6.65. The molecule has 110 valence electrons. The van der Waals surface area contributed by atoms with E-state index in [4.69, 9.17) is 12.2 Å². The SMILES string of the molecule is CC1(C)CC(=O)C2=C(C1)NC(=S)NC2c1ccc(O)cc1. The van der Waals surface area contributed by atoms with E-state index in [2.05, 4.69) is 24.5 Å². The third-order valence-corrected chi connectivity index (χ3v) is 4.19. The molecule has 1 aliphatic heterocycles. The van der Waals surface area contributed by atoms with Crippen molar-refractivity contribution in [1.82, 2.24) is 10.6 Å². The molecule has 0 bridgehead atoms. The quantitative estimate of drug-likeness (QED) is 0.696. The van der Waals surface area contributed by atoms with Gasteiger partial charge in [0, 0.05) is 17.7 Å². The van der Waals surface area contributed by atoms with Gasteiger partial charge >= 0.3 is 0 Å². The Balaban J connectivity index is 2.06. The molecule has 3 rings (SSSR count). The van der Waals surface area contributed by atoms with Crippen molar-refractivity contribution in [2.45, 2.75) is 32.7 Å². The minimum Gasteiger partial charge on any atom is -0.508 e. The predicted molar refractivity (Wildman–Crippen MR) is 84.8 cm³/mol. The molecule has 5 heteroatoms. The summed E-state index contributed by atoms with van der Waals surface area (Å²) in [4.78, 5) is 12.6. The van der Waals surface area contributed by atoms with E-state index < -0.39 is 0 Å². The molecule has 0 spiro atoms. The van der Waals surface area contributed by atoms with Crippen LogP contribution >= 0.6 is 12.2 Å². The number of aromatic hydroxyl groups is 1. The largest absolute Gasteiger partial charge is 0.508 e. The zero-order chi connectivity index (χ0) is 15.2. The first-order valence-corrected chi connectivity index (χ1v) is 7.39. The number of nitrogens with one attached hydrogen (secondary N) is 2. The van der Waals surface area contributed by atoms with Gasteiger partial charge in [0.15, 0.2) is 10.9 Å². The Labute approximate surface area is 129 Å². The van der Waals surface area contributed by atoms with Crippen molar-refractivity contribution in [2.24, 2.45) is 5.41 Å². The van der Waals surface area contributed by atoms with Crippen LogP contribution in [0.25, 0.3) is 0 Å². The molecule has 0 radical (unpaired) electrons.